The molecule has 1 aromatic rings. The van der Waals surface area contributed by atoms with Crippen molar-refractivity contribution < 1.29 is 28.7 Å². The summed E-state index contributed by atoms with van der Waals surface area (Å²) in [6.45, 7) is 2.91. The summed E-state index contributed by atoms with van der Waals surface area (Å²) in [5.41, 5.74) is 6.27. The summed E-state index contributed by atoms with van der Waals surface area (Å²) in [5.74, 6) is -2.90. The van der Waals surface area contributed by atoms with Gasteiger partial charge in [0, 0.05) is 25.2 Å². The number of amides is 5. The number of piperidine rings is 1. The second-order valence-electron chi connectivity index (χ2n) is 8.07. The molecule has 0 bridgehead atoms. The molecule has 2 aliphatic heterocycles. The lowest BCUT2D eigenvalue weighted by Gasteiger charge is -2.32. The smallest absolute Gasteiger partial charge is 0.423 e. The average molecular weight is 459 g/mol. The monoisotopic (exact) mass is 458 g/mol. The number of hydrogen-bond acceptors (Lipinski definition) is 8. The van der Waals surface area contributed by atoms with Gasteiger partial charge in [0.05, 0.1) is 17.7 Å². The Labute approximate surface area is 192 Å². The number of nitrogens with two attached hydrogens (primary N) is 1. The molecule has 3 N–H and O–H groups in total. The molecule has 33 heavy (non-hydrogen) atoms. The predicted octanol–water partition coefficient (Wildman–Crippen LogP) is 2.28. The van der Waals surface area contributed by atoms with E-state index in [1.165, 1.54) is 6.07 Å². The molecule has 2 aliphatic rings. The molecule has 0 radical (unpaired) electrons. The number of unbranched alkanes of at least 4 members (excludes halogenated alkanes) is 4. The van der Waals surface area contributed by atoms with Gasteiger partial charge in [0.25, 0.3) is 17.7 Å². The van der Waals surface area contributed by atoms with Crippen molar-refractivity contribution in [2.75, 3.05) is 25.0 Å². The molecule has 1 atom stereocenters. The van der Waals surface area contributed by atoms with Crippen LogP contribution >= 0.6 is 0 Å². The molecule has 1 saturated heterocycles. The number of carbonyl (C=O) groups is 5. The number of nitrogens with zero attached hydrogens (tertiary/aromatic N) is 2. The quantitative estimate of drug-likeness (QED) is 0.402. The highest BCUT2D eigenvalue weighted by Crippen LogP contribution is 2.33. The van der Waals surface area contributed by atoms with Gasteiger partial charge in [-0.2, -0.15) is 4.90 Å². The van der Waals surface area contributed by atoms with E-state index in [0.717, 1.165) is 30.6 Å². The highest BCUT2D eigenvalue weighted by Gasteiger charge is 2.49. The molecule has 1 unspecified atom stereocenters. The molecule has 5 amide bonds. The summed E-state index contributed by atoms with van der Waals surface area (Å²) < 4.78 is 5.13. The standard InChI is InChI=1S/C23H30N4O6/c1-2-3-4-5-6-14-33-23(32)27-18(28)11-10-17(21(27)30)26-20(29)15-8-7-9-16(25-13-12-24)19(15)22(26)31/h7-9,17,25H,2-6,10-14,24H2,1H3. The number of ether oxygens (including phenoxy) is 1. The van der Waals surface area contributed by atoms with Crippen LogP contribution in [-0.4, -0.2) is 65.3 Å². The first-order valence-corrected chi connectivity index (χ1v) is 11.4. The minimum Gasteiger partial charge on any atom is -0.449 e. The van der Waals surface area contributed by atoms with E-state index in [2.05, 4.69) is 12.2 Å². The molecular formula is C23H30N4O6. The van der Waals surface area contributed by atoms with Gasteiger partial charge in [-0.15, -0.1) is 0 Å². The van der Waals surface area contributed by atoms with Crippen LogP contribution in [0.1, 0.15) is 72.6 Å². The van der Waals surface area contributed by atoms with Crippen molar-refractivity contribution in [3.63, 3.8) is 0 Å². The lowest BCUT2D eigenvalue weighted by Crippen LogP contribution is -2.57. The molecule has 3 rings (SSSR count). The van der Waals surface area contributed by atoms with Crippen LogP contribution in [0.5, 0.6) is 0 Å². The molecule has 1 aromatic carbocycles. The Bertz CT molecular complexity index is 947. The van der Waals surface area contributed by atoms with E-state index in [4.69, 9.17) is 10.5 Å². The van der Waals surface area contributed by atoms with Gasteiger partial charge < -0.3 is 15.8 Å². The molecule has 0 spiro atoms. The molecule has 0 aromatic heterocycles. The van der Waals surface area contributed by atoms with E-state index < -0.39 is 35.8 Å². The molecule has 10 nitrogen and oxygen atoms in total. The van der Waals surface area contributed by atoms with Crippen LogP contribution in [0.25, 0.3) is 0 Å². The zero-order valence-corrected chi connectivity index (χ0v) is 18.8. The van der Waals surface area contributed by atoms with E-state index in [0.29, 0.717) is 30.1 Å². The molecular weight excluding hydrogens is 428 g/mol. The lowest BCUT2D eigenvalue weighted by atomic mass is 10.0. The Balaban J connectivity index is 1.72. The summed E-state index contributed by atoms with van der Waals surface area (Å²) in [4.78, 5) is 65.3. The third kappa shape index (κ3) is 5.05. The van der Waals surface area contributed by atoms with Gasteiger partial charge in [-0.3, -0.25) is 24.1 Å². The van der Waals surface area contributed by atoms with Gasteiger partial charge in [0.15, 0.2) is 0 Å². The first kappa shape index (κ1) is 24.4. The largest absolute Gasteiger partial charge is 0.449 e. The van der Waals surface area contributed by atoms with Crippen LogP contribution < -0.4 is 11.1 Å². The van der Waals surface area contributed by atoms with Gasteiger partial charge >= 0.3 is 6.09 Å². The summed E-state index contributed by atoms with van der Waals surface area (Å²) in [7, 11) is 0. The summed E-state index contributed by atoms with van der Waals surface area (Å²) >= 11 is 0. The maximum absolute atomic E-state index is 13.2. The van der Waals surface area contributed by atoms with Crippen molar-refractivity contribution in [2.24, 2.45) is 5.73 Å². The van der Waals surface area contributed by atoms with Crippen molar-refractivity contribution in [2.45, 2.75) is 57.9 Å². The minimum atomic E-state index is -1.26. The fourth-order valence-electron chi connectivity index (χ4n) is 4.07. The molecule has 0 aliphatic carbocycles. The lowest BCUT2D eigenvalue weighted by molar-refractivity contribution is -0.149. The number of rotatable bonds is 10. The molecule has 178 valence electrons. The Morgan fingerprint density at radius 1 is 1.12 bits per heavy atom. The Morgan fingerprint density at radius 3 is 2.61 bits per heavy atom. The number of hydrogen-bond donors (Lipinski definition) is 2. The van der Waals surface area contributed by atoms with Crippen LogP contribution in [0.15, 0.2) is 18.2 Å². The SMILES string of the molecule is CCCCCCCOC(=O)N1C(=O)CCC(N2C(=O)c3cccc(NCCN)c3C2=O)C1=O. The third-order valence-electron chi connectivity index (χ3n) is 5.76. The summed E-state index contributed by atoms with van der Waals surface area (Å²) in [6.07, 6.45) is 3.42. The number of likely N-dealkylation sites (tertiary alicyclic amines) is 1. The number of benzene rings is 1. The zero-order chi connectivity index (χ0) is 24.0. The Morgan fingerprint density at radius 2 is 1.88 bits per heavy atom. The highest BCUT2D eigenvalue weighted by atomic mass is 16.6. The topological polar surface area (TPSA) is 139 Å². The maximum Gasteiger partial charge on any atom is 0.423 e. The zero-order valence-electron chi connectivity index (χ0n) is 18.8. The van der Waals surface area contributed by atoms with Crippen molar-refractivity contribution in [3.05, 3.63) is 29.3 Å². The van der Waals surface area contributed by atoms with Gasteiger partial charge in [0.1, 0.15) is 6.04 Å². The number of fused-ring (bicyclic) bond motifs is 1. The molecule has 10 heteroatoms. The molecule has 0 saturated carbocycles. The van der Waals surface area contributed by atoms with Gasteiger partial charge in [-0.1, -0.05) is 38.7 Å². The molecule has 2 heterocycles. The number of anilines is 1. The van der Waals surface area contributed by atoms with Crippen LogP contribution in [0, 0.1) is 0 Å². The third-order valence-corrected chi connectivity index (χ3v) is 5.76. The van der Waals surface area contributed by atoms with Crippen molar-refractivity contribution in [1.29, 1.82) is 0 Å². The van der Waals surface area contributed by atoms with Crippen molar-refractivity contribution in [1.82, 2.24) is 9.80 Å². The average Bonchev–Trinajstić information content (AvgIpc) is 3.05. The second kappa shape index (κ2) is 11.0. The predicted molar refractivity (Wildman–Crippen MR) is 119 cm³/mol. The Kier molecular flexibility index (Phi) is 8.16. The Hall–Kier alpha value is -3.27. The second-order valence-corrected chi connectivity index (χ2v) is 8.07. The van der Waals surface area contributed by atoms with Crippen LogP contribution in [-0.2, 0) is 14.3 Å². The number of carbonyl (C=O) groups excluding carboxylic acids is 5. The van der Waals surface area contributed by atoms with Crippen LogP contribution in [0.4, 0.5) is 10.5 Å². The first-order valence-electron chi connectivity index (χ1n) is 11.4. The fraction of sp³-hybridized carbons (Fsp3) is 0.522. The van der Waals surface area contributed by atoms with E-state index in [-0.39, 0.29) is 30.6 Å². The maximum atomic E-state index is 13.2. The van der Waals surface area contributed by atoms with Crippen LogP contribution in [0.2, 0.25) is 0 Å². The van der Waals surface area contributed by atoms with Gasteiger partial charge in [0.2, 0.25) is 5.91 Å². The van der Waals surface area contributed by atoms with Crippen molar-refractivity contribution in [3.8, 4) is 0 Å². The number of nitrogens with one attached hydrogen (secondary N) is 1. The van der Waals surface area contributed by atoms with E-state index in [9.17, 15) is 24.0 Å². The highest BCUT2D eigenvalue weighted by molar-refractivity contribution is 6.26. The van der Waals surface area contributed by atoms with E-state index in [1.54, 1.807) is 12.1 Å². The summed E-state index contributed by atoms with van der Waals surface area (Å²) in [6, 6.07) is 3.53. The fourth-order valence-corrected chi connectivity index (χ4v) is 4.07. The number of imide groups is 4. The van der Waals surface area contributed by atoms with Crippen LogP contribution in [0.3, 0.4) is 0 Å². The van der Waals surface area contributed by atoms with E-state index >= 15 is 0 Å². The molecule has 1 fully saturated rings. The minimum absolute atomic E-state index is 0.0461. The summed E-state index contributed by atoms with van der Waals surface area (Å²) in [5, 5.41) is 3.01. The first-order chi connectivity index (χ1) is 15.9. The van der Waals surface area contributed by atoms with Gasteiger partial charge in [-0.05, 0) is 25.0 Å². The normalized spacial score (nSPS) is 18.1. The van der Waals surface area contributed by atoms with Crippen molar-refractivity contribution >= 4 is 35.4 Å². The van der Waals surface area contributed by atoms with E-state index in [1.807, 2.05) is 0 Å². The van der Waals surface area contributed by atoms with Gasteiger partial charge in [-0.25, -0.2) is 4.79 Å².